The maximum atomic E-state index is 5.04. The van der Waals surface area contributed by atoms with E-state index in [4.69, 9.17) is 16.5 Å². The lowest BCUT2D eigenvalue weighted by atomic mass is 10.1. The maximum Gasteiger partial charge on any atom is 0.0873 e. The van der Waals surface area contributed by atoms with E-state index >= 15 is 0 Å². The second kappa shape index (κ2) is 3.12. The molecule has 0 spiro atoms. The first-order valence-corrected chi connectivity index (χ1v) is 2.96. The Balaban J connectivity index is 3.58. The zero-order valence-corrected chi connectivity index (χ0v) is 6.22. The van der Waals surface area contributed by atoms with Crippen LogP contribution >= 0.6 is 0 Å². The van der Waals surface area contributed by atoms with Gasteiger partial charge in [0.25, 0.3) is 0 Å². The number of nitrogens with two attached hydrogens (primary N) is 2. The van der Waals surface area contributed by atoms with Crippen LogP contribution in [0.3, 0.4) is 0 Å². The van der Waals surface area contributed by atoms with Crippen molar-refractivity contribution in [1.82, 2.24) is 5.28 Å². The van der Waals surface area contributed by atoms with Crippen LogP contribution in [0.25, 0.3) is 0 Å². The van der Waals surface area contributed by atoms with Gasteiger partial charge in [-0.05, 0) is 20.3 Å². The molecule has 0 aliphatic rings. The average Bonchev–Trinajstić information content (AvgIpc) is 1.63. The highest BCUT2D eigenvalue weighted by Crippen LogP contribution is 2.12. The normalized spacial score (nSPS) is 12.7. The summed E-state index contributed by atoms with van der Waals surface area (Å²) < 4.78 is 0. The first kappa shape index (κ1) is 8.84. The van der Waals surface area contributed by atoms with Gasteiger partial charge in [-0.1, -0.05) is 12.2 Å². The van der Waals surface area contributed by atoms with Crippen LogP contribution < -0.4 is 11.7 Å². The molecule has 0 bridgehead atoms. The zero-order valence-electron chi connectivity index (χ0n) is 6.22. The Kier molecular flexibility index (Phi) is 3.07. The van der Waals surface area contributed by atoms with E-state index in [9.17, 15) is 0 Å². The van der Waals surface area contributed by atoms with Crippen LogP contribution in [0.5, 0.6) is 0 Å². The van der Waals surface area contributed by atoms with Gasteiger partial charge in [-0.3, -0.25) is 4.84 Å². The summed E-state index contributed by atoms with van der Waals surface area (Å²) in [5, 5.41) is 0.740. The van der Waals surface area contributed by atoms with E-state index in [1.807, 2.05) is 20.8 Å². The fourth-order valence-corrected chi connectivity index (χ4v) is 0.350. The number of rotatable bonds is 3. The molecule has 0 saturated heterocycles. The van der Waals surface area contributed by atoms with Crippen molar-refractivity contribution in [3.05, 3.63) is 0 Å². The molecule has 0 saturated carbocycles. The second-order valence-electron chi connectivity index (χ2n) is 2.56. The fourth-order valence-electron chi connectivity index (χ4n) is 0.350. The van der Waals surface area contributed by atoms with E-state index in [0.717, 1.165) is 11.7 Å². The van der Waals surface area contributed by atoms with Crippen molar-refractivity contribution in [3.63, 3.8) is 0 Å². The molecule has 0 aromatic heterocycles. The van der Waals surface area contributed by atoms with Crippen molar-refractivity contribution in [2.75, 3.05) is 0 Å². The molecule has 0 atom stereocenters. The Morgan fingerprint density at radius 3 is 2.00 bits per heavy atom. The number of hydrogen-bond acceptors (Lipinski definition) is 4. The van der Waals surface area contributed by atoms with Crippen molar-refractivity contribution < 1.29 is 4.84 Å². The molecule has 4 N–H and O–H groups in total. The van der Waals surface area contributed by atoms with Crippen molar-refractivity contribution in [1.29, 1.82) is 0 Å². The van der Waals surface area contributed by atoms with Gasteiger partial charge in [-0.25, -0.2) is 11.7 Å². The van der Waals surface area contributed by atoms with Crippen LogP contribution in [0, 0.1) is 0 Å². The van der Waals surface area contributed by atoms with Gasteiger partial charge in [-0.15, -0.1) is 0 Å². The van der Waals surface area contributed by atoms with Crippen molar-refractivity contribution in [2.45, 2.75) is 32.8 Å². The lowest BCUT2D eigenvalue weighted by molar-refractivity contribution is -0.241. The smallest absolute Gasteiger partial charge is 0.0873 e. The largest absolute Gasteiger partial charge is 0.264 e. The van der Waals surface area contributed by atoms with Crippen LogP contribution in [-0.4, -0.2) is 10.9 Å². The Hall–Kier alpha value is -0.160. The third kappa shape index (κ3) is 4.35. The zero-order chi connectivity index (χ0) is 7.49. The molecule has 0 aromatic rings. The summed E-state index contributed by atoms with van der Waals surface area (Å²) in [6.07, 6.45) is 0.873. The first-order valence-electron chi connectivity index (χ1n) is 2.96. The maximum absolute atomic E-state index is 5.04. The van der Waals surface area contributed by atoms with E-state index in [1.54, 1.807) is 0 Å². The highest BCUT2D eigenvalue weighted by Gasteiger charge is 2.17. The molecule has 56 valence electrons. The summed E-state index contributed by atoms with van der Waals surface area (Å²) in [5.74, 6) is 10.1. The van der Waals surface area contributed by atoms with Crippen LogP contribution in [-0.2, 0) is 4.84 Å². The minimum absolute atomic E-state index is 0.260. The second-order valence-corrected chi connectivity index (χ2v) is 2.56. The molecule has 0 unspecified atom stereocenters. The SMILES string of the molecule is CCC(C)(C)ON(N)N. The summed E-state index contributed by atoms with van der Waals surface area (Å²) in [5.41, 5.74) is -0.260. The quantitative estimate of drug-likeness (QED) is 0.425. The molecule has 0 aromatic carbocycles. The van der Waals surface area contributed by atoms with Gasteiger partial charge in [0.05, 0.1) is 5.60 Å². The van der Waals surface area contributed by atoms with Gasteiger partial charge in [0.2, 0.25) is 0 Å². The Bertz CT molecular complexity index is 82.3. The van der Waals surface area contributed by atoms with Gasteiger partial charge in [0, 0.05) is 0 Å². The highest BCUT2D eigenvalue weighted by atomic mass is 16.7. The van der Waals surface area contributed by atoms with Crippen LogP contribution in [0.4, 0.5) is 0 Å². The minimum atomic E-state index is -0.260. The summed E-state index contributed by atoms with van der Waals surface area (Å²) >= 11 is 0. The molecular weight excluding hydrogens is 118 g/mol. The van der Waals surface area contributed by atoms with Crippen molar-refractivity contribution >= 4 is 0 Å². The Morgan fingerprint density at radius 1 is 1.44 bits per heavy atom. The summed E-state index contributed by atoms with van der Waals surface area (Å²) in [6, 6.07) is 0. The topological polar surface area (TPSA) is 64.5 Å². The van der Waals surface area contributed by atoms with Gasteiger partial charge in [-0.2, -0.15) is 0 Å². The van der Waals surface area contributed by atoms with Gasteiger partial charge in [0.1, 0.15) is 0 Å². The third-order valence-corrected chi connectivity index (χ3v) is 1.20. The number of hydrazine groups is 2. The molecule has 0 fully saturated rings. The third-order valence-electron chi connectivity index (χ3n) is 1.20. The van der Waals surface area contributed by atoms with Crippen molar-refractivity contribution in [3.8, 4) is 0 Å². The van der Waals surface area contributed by atoms with Crippen LogP contribution in [0.15, 0.2) is 0 Å². The lowest BCUT2D eigenvalue weighted by Gasteiger charge is -2.25. The predicted octanol–water partition coefficient (Wildman–Crippen LogP) is 0.156. The van der Waals surface area contributed by atoms with E-state index in [2.05, 4.69) is 0 Å². The monoisotopic (exact) mass is 133 g/mol. The molecule has 9 heavy (non-hydrogen) atoms. The highest BCUT2D eigenvalue weighted by molar-refractivity contribution is 4.62. The van der Waals surface area contributed by atoms with Crippen molar-refractivity contribution in [2.24, 2.45) is 11.7 Å². The molecule has 0 aliphatic carbocycles. The minimum Gasteiger partial charge on any atom is -0.264 e. The Morgan fingerprint density at radius 2 is 1.89 bits per heavy atom. The summed E-state index contributed by atoms with van der Waals surface area (Å²) in [4.78, 5) is 4.98. The van der Waals surface area contributed by atoms with E-state index in [-0.39, 0.29) is 5.60 Å². The van der Waals surface area contributed by atoms with Crippen LogP contribution in [0.1, 0.15) is 27.2 Å². The first-order chi connectivity index (χ1) is 3.98. The molecule has 0 rings (SSSR count). The standard InChI is InChI=1S/C5H15N3O/c1-4-5(2,3)9-8(6)7/h4,6-7H2,1-3H3. The fraction of sp³-hybridized carbons (Fsp3) is 1.00. The molecule has 4 heteroatoms. The number of nitrogens with zero attached hydrogens (tertiary/aromatic N) is 1. The summed E-state index contributed by atoms with van der Waals surface area (Å²) in [7, 11) is 0. The van der Waals surface area contributed by atoms with E-state index < -0.39 is 0 Å². The van der Waals surface area contributed by atoms with Gasteiger partial charge < -0.3 is 0 Å². The molecule has 0 aliphatic heterocycles. The van der Waals surface area contributed by atoms with Gasteiger partial charge >= 0.3 is 0 Å². The van der Waals surface area contributed by atoms with E-state index in [0.29, 0.717) is 0 Å². The molecule has 0 radical (unpaired) electrons. The lowest BCUT2D eigenvalue weighted by Crippen LogP contribution is -2.44. The average molecular weight is 133 g/mol. The molecule has 4 nitrogen and oxygen atoms in total. The van der Waals surface area contributed by atoms with E-state index in [1.165, 1.54) is 0 Å². The summed E-state index contributed by atoms with van der Waals surface area (Å²) in [6.45, 7) is 5.84. The predicted molar refractivity (Wildman–Crippen MR) is 35.7 cm³/mol. The number of hydrogen-bond donors (Lipinski definition) is 2. The van der Waals surface area contributed by atoms with Crippen LogP contribution in [0.2, 0.25) is 0 Å². The Labute approximate surface area is 55.6 Å². The molecule has 0 heterocycles. The molecular formula is C5H15N3O. The molecule has 0 amide bonds. The van der Waals surface area contributed by atoms with Gasteiger partial charge in [0.15, 0.2) is 0 Å².